The molecule has 0 spiro atoms. The first-order valence-corrected chi connectivity index (χ1v) is 7.46. The molecule has 3 rings (SSSR count). The van der Waals surface area contributed by atoms with Gasteiger partial charge in [-0.25, -0.2) is 0 Å². The van der Waals surface area contributed by atoms with Crippen molar-refractivity contribution in [2.75, 3.05) is 11.9 Å². The average Bonchev–Trinajstić information content (AvgIpc) is 2.53. The van der Waals surface area contributed by atoms with Crippen molar-refractivity contribution in [2.45, 2.75) is 31.8 Å². The molecule has 2 nitrogen and oxygen atoms in total. The summed E-state index contributed by atoms with van der Waals surface area (Å²) in [7, 11) is 0. The lowest BCUT2D eigenvalue weighted by Gasteiger charge is -2.28. The van der Waals surface area contributed by atoms with Crippen molar-refractivity contribution >= 4 is 5.69 Å². The minimum Gasteiger partial charge on any atom is -0.381 e. The van der Waals surface area contributed by atoms with Crippen LogP contribution in [-0.2, 0) is 6.42 Å². The smallest absolute Gasteiger partial charge is 0.0389 e. The Balaban J connectivity index is 1.55. The number of nitrogens with one attached hydrogen (secondary N) is 2. The van der Waals surface area contributed by atoms with Crippen molar-refractivity contribution in [2.24, 2.45) is 0 Å². The number of benzene rings is 2. The van der Waals surface area contributed by atoms with E-state index in [4.69, 9.17) is 0 Å². The Labute approximate surface area is 121 Å². The summed E-state index contributed by atoms with van der Waals surface area (Å²) in [6, 6.07) is 20.2. The van der Waals surface area contributed by atoms with Crippen molar-refractivity contribution in [1.29, 1.82) is 0 Å². The third kappa shape index (κ3) is 3.02. The van der Waals surface area contributed by atoms with Crippen LogP contribution in [0.4, 0.5) is 5.69 Å². The van der Waals surface area contributed by atoms with Gasteiger partial charge in [-0.1, -0.05) is 48.5 Å². The summed E-state index contributed by atoms with van der Waals surface area (Å²) in [4.78, 5) is 0. The standard InChI is InChI=1S/C18H22N2/c1-14(15-7-3-2-4-8-15)19-13-17-12-11-16-9-5-6-10-18(16)20-17/h2-10,14,17,19-20H,11-13H2,1H3. The predicted molar refractivity (Wildman–Crippen MR) is 85.0 cm³/mol. The highest BCUT2D eigenvalue weighted by Crippen LogP contribution is 2.24. The fourth-order valence-electron chi connectivity index (χ4n) is 2.83. The van der Waals surface area contributed by atoms with Crippen LogP contribution in [0.25, 0.3) is 0 Å². The zero-order valence-corrected chi connectivity index (χ0v) is 12.0. The minimum absolute atomic E-state index is 0.398. The first-order chi connectivity index (χ1) is 9.83. The summed E-state index contributed by atoms with van der Waals surface area (Å²) in [5, 5.41) is 7.28. The van der Waals surface area contributed by atoms with Crippen LogP contribution in [-0.4, -0.2) is 12.6 Å². The molecule has 0 saturated heterocycles. The summed E-state index contributed by atoms with van der Waals surface area (Å²) in [5.41, 5.74) is 4.10. The fraction of sp³-hybridized carbons (Fsp3) is 0.333. The van der Waals surface area contributed by atoms with Crippen LogP contribution in [0.2, 0.25) is 0 Å². The second-order valence-electron chi connectivity index (χ2n) is 5.58. The number of hydrogen-bond donors (Lipinski definition) is 2. The lowest BCUT2D eigenvalue weighted by atomic mass is 9.98. The van der Waals surface area contributed by atoms with E-state index in [0.29, 0.717) is 12.1 Å². The van der Waals surface area contributed by atoms with E-state index in [1.54, 1.807) is 0 Å². The molecule has 0 radical (unpaired) electrons. The van der Waals surface area contributed by atoms with Crippen LogP contribution in [0.5, 0.6) is 0 Å². The highest BCUT2D eigenvalue weighted by atomic mass is 15.0. The molecule has 0 saturated carbocycles. The van der Waals surface area contributed by atoms with E-state index < -0.39 is 0 Å². The molecule has 0 aliphatic carbocycles. The Bertz CT molecular complexity index is 550. The van der Waals surface area contributed by atoms with Gasteiger partial charge in [-0.15, -0.1) is 0 Å². The van der Waals surface area contributed by atoms with E-state index in [9.17, 15) is 0 Å². The molecule has 20 heavy (non-hydrogen) atoms. The molecule has 1 heterocycles. The third-order valence-electron chi connectivity index (χ3n) is 4.11. The Kier molecular flexibility index (Phi) is 4.03. The molecule has 2 unspecified atom stereocenters. The second kappa shape index (κ2) is 6.10. The quantitative estimate of drug-likeness (QED) is 0.880. The van der Waals surface area contributed by atoms with Gasteiger partial charge in [0, 0.05) is 24.3 Å². The number of para-hydroxylation sites is 1. The van der Waals surface area contributed by atoms with Gasteiger partial charge in [-0.3, -0.25) is 0 Å². The van der Waals surface area contributed by atoms with Crippen molar-refractivity contribution in [1.82, 2.24) is 5.32 Å². The van der Waals surface area contributed by atoms with E-state index in [-0.39, 0.29) is 0 Å². The number of anilines is 1. The number of fused-ring (bicyclic) bond motifs is 1. The average molecular weight is 266 g/mol. The van der Waals surface area contributed by atoms with Crippen LogP contribution < -0.4 is 10.6 Å². The minimum atomic E-state index is 0.398. The summed E-state index contributed by atoms with van der Waals surface area (Å²) >= 11 is 0. The zero-order valence-electron chi connectivity index (χ0n) is 12.0. The Morgan fingerprint density at radius 2 is 1.85 bits per heavy atom. The van der Waals surface area contributed by atoms with Crippen molar-refractivity contribution in [3.63, 3.8) is 0 Å². The molecule has 1 aliphatic heterocycles. The molecule has 0 bridgehead atoms. The van der Waals surface area contributed by atoms with Crippen LogP contribution in [0.3, 0.4) is 0 Å². The lowest BCUT2D eigenvalue weighted by molar-refractivity contribution is 0.508. The van der Waals surface area contributed by atoms with E-state index in [0.717, 1.165) is 6.54 Å². The van der Waals surface area contributed by atoms with Crippen LogP contribution in [0.1, 0.15) is 30.5 Å². The second-order valence-corrected chi connectivity index (χ2v) is 5.58. The van der Waals surface area contributed by atoms with Gasteiger partial charge in [-0.05, 0) is 37.0 Å². The molecule has 2 heteroatoms. The maximum Gasteiger partial charge on any atom is 0.0389 e. The Hall–Kier alpha value is -1.80. The van der Waals surface area contributed by atoms with Crippen molar-refractivity contribution in [3.8, 4) is 0 Å². The van der Waals surface area contributed by atoms with Crippen LogP contribution in [0, 0.1) is 0 Å². The third-order valence-corrected chi connectivity index (χ3v) is 4.11. The first-order valence-electron chi connectivity index (χ1n) is 7.46. The van der Waals surface area contributed by atoms with E-state index in [2.05, 4.69) is 72.2 Å². The molecule has 1 aliphatic rings. The molecular formula is C18H22N2. The zero-order chi connectivity index (χ0) is 13.8. The van der Waals surface area contributed by atoms with Crippen molar-refractivity contribution < 1.29 is 0 Å². The molecule has 2 atom stereocenters. The molecular weight excluding hydrogens is 244 g/mol. The van der Waals surface area contributed by atoms with Gasteiger partial charge >= 0.3 is 0 Å². The number of aryl methyl sites for hydroxylation is 1. The predicted octanol–water partition coefficient (Wildman–Crippen LogP) is 3.76. The van der Waals surface area contributed by atoms with Crippen LogP contribution >= 0.6 is 0 Å². The Morgan fingerprint density at radius 1 is 1.10 bits per heavy atom. The summed E-state index contributed by atoms with van der Waals surface area (Å²) < 4.78 is 0. The molecule has 0 amide bonds. The maximum absolute atomic E-state index is 3.64. The van der Waals surface area contributed by atoms with Gasteiger partial charge in [0.15, 0.2) is 0 Å². The van der Waals surface area contributed by atoms with Crippen LogP contribution in [0.15, 0.2) is 54.6 Å². The van der Waals surface area contributed by atoms with Crippen molar-refractivity contribution in [3.05, 3.63) is 65.7 Å². The molecule has 104 valence electrons. The molecule has 2 aromatic carbocycles. The number of hydrogen-bond acceptors (Lipinski definition) is 2. The Morgan fingerprint density at radius 3 is 2.70 bits per heavy atom. The normalized spacial score (nSPS) is 18.9. The summed E-state index contributed by atoms with van der Waals surface area (Å²) in [5.74, 6) is 0. The number of rotatable bonds is 4. The van der Waals surface area contributed by atoms with Gasteiger partial charge in [0.25, 0.3) is 0 Å². The molecule has 2 aromatic rings. The van der Waals surface area contributed by atoms with Gasteiger partial charge in [0.2, 0.25) is 0 Å². The van der Waals surface area contributed by atoms with Gasteiger partial charge in [0.05, 0.1) is 0 Å². The molecule has 0 aromatic heterocycles. The van der Waals surface area contributed by atoms with E-state index in [1.165, 1.54) is 29.7 Å². The SMILES string of the molecule is CC(NCC1CCc2ccccc2N1)c1ccccc1. The molecule has 2 N–H and O–H groups in total. The topological polar surface area (TPSA) is 24.1 Å². The highest BCUT2D eigenvalue weighted by molar-refractivity contribution is 5.53. The monoisotopic (exact) mass is 266 g/mol. The van der Waals surface area contributed by atoms with Gasteiger partial charge in [-0.2, -0.15) is 0 Å². The lowest BCUT2D eigenvalue weighted by Crippen LogP contribution is -2.36. The van der Waals surface area contributed by atoms with E-state index in [1.807, 2.05) is 0 Å². The maximum atomic E-state index is 3.64. The van der Waals surface area contributed by atoms with Gasteiger partial charge < -0.3 is 10.6 Å². The van der Waals surface area contributed by atoms with Gasteiger partial charge in [0.1, 0.15) is 0 Å². The highest BCUT2D eigenvalue weighted by Gasteiger charge is 2.17. The first kappa shape index (κ1) is 13.2. The summed E-state index contributed by atoms with van der Waals surface area (Å²) in [6.45, 7) is 3.23. The van der Waals surface area contributed by atoms with E-state index >= 15 is 0 Å². The fourth-order valence-corrected chi connectivity index (χ4v) is 2.83. The largest absolute Gasteiger partial charge is 0.381 e. The summed E-state index contributed by atoms with van der Waals surface area (Å²) in [6.07, 6.45) is 2.38. The molecule has 0 fully saturated rings.